The van der Waals surface area contributed by atoms with Gasteiger partial charge in [-0.3, -0.25) is 0 Å². The second-order valence-electron chi connectivity index (χ2n) is 11.3. The fourth-order valence-electron chi connectivity index (χ4n) is 5.77. The number of hydrogen-bond donors (Lipinski definition) is 2. The molecule has 2 aromatic carbocycles. The van der Waals surface area contributed by atoms with E-state index < -0.39 is 19.7 Å². The zero-order valence-electron chi connectivity index (χ0n) is 24.1. The number of hydrogen-bond acceptors (Lipinski definition) is 7. The molecule has 1 aromatic heterocycles. The Balaban J connectivity index is 1.35. The van der Waals surface area contributed by atoms with Crippen LogP contribution < -0.4 is 25.6 Å². The number of ether oxygens (including phenoxy) is 1. The summed E-state index contributed by atoms with van der Waals surface area (Å²) in [6, 6.07) is 13.2. The summed E-state index contributed by atoms with van der Waals surface area (Å²) in [5, 5.41) is 6.96. The second kappa shape index (κ2) is 12.0. The molecule has 0 amide bonds. The number of nitrogens with one attached hydrogen (secondary N) is 2. The van der Waals surface area contributed by atoms with E-state index in [4.69, 9.17) is 4.74 Å². The number of likely N-dealkylation sites (tertiary alicyclic amines) is 1. The van der Waals surface area contributed by atoms with Gasteiger partial charge in [0, 0.05) is 36.7 Å². The molecule has 2 aliphatic heterocycles. The monoisotopic (exact) mass is 586 g/mol. The normalized spacial score (nSPS) is 17.6. The van der Waals surface area contributed by atoms with E-state index in [9.17, 15) is 13.2 Å². The molecular formula is C30H38F3N6OP. The molecule has 7 nitrogen and oxygen atoms in total. The van der Waals surface area contributed by atoms with E-state index in [-0.39, 0.29) is 11.8 Å². The smallest absolute Gasteiger partial charge is 0.421 e. The van der Waals surface area contributed by atoms with Gasteiger partial charge < -0.3 is 25.2 Å². The highest BCUT2D eigenvalue weighted by Gasteiger charge is 2.37. The molecule has 2 aliphatic rings. The SMILES string of the molecule is COc1cc(N2CCC3(CCN(C)CC3)CC2)ccc1Nc1ncc(C(F)(F)F)c(Nc2ccccc2P(C)C)n1. The van der Waals surface area contributed by atoms with E-state index in [1.54, 1.807) is 19.2 Å². The topological polar surface area (TPSA) is 65.6 Å². The number of benzene rings is 2. The number of aromatic nitrogens is 2. The molecule has 0 saturated carbocycles. The van der Waals surface area contributed by atoms with Crippen molar-refractivity contribution in [3.8, 4) is 5.75 Å². The Morgan fingerprint density at radius 2 is 1.61 bits per heavy atom. The van der Waals surface area contributed by atoms with Gasteiger partial charge in [-0.15, -0.1) is 0 Å². The molecular weight excluding hydrogens is 548 g/mol. The van der Waals surface area contributed by atoms with E-state index in [1.165, 1.54) is 38.8 Å². The second-order valence-corrected chi connectivity index (χ2v) is 13.6. The average molecular weight is 587 g/mol. The number of rotatable bonds is 7. The maximum Gasteiger partial charge on any atom is 0.421 e. The van der Waals surface area contributed by atoms with Gasteiger partial charge in [-0.1, -0.05) is 26.1 Å². The van der Waals surface area contributed by atoms with Crippen molar-refractivity contribution in [1.82, 2.24) is 14.9 Å². The number of para-hydroxylation sites is 1. The Morgan fingerprint density at radius 3 is 2.27 bits per heavy atom. The lowest BCUT2D eigenvalue weighted by atomic mass is 9.71. The van der Waals surface area contributed by atoms with Crippen molar-refractivity contribution in [2.45, 2.75) is 31.9 Å². The number of piperidine rings is 2. The number of halogens is 3. The lowest BCUT2D eigenvalue weighted by Gasteiger charge is -2.47. The van der Waals surface area contributed by atoms with E-state index >= 15 is 0 Å². The average Bonchev–Trinajstić information content (AvgIpc) is 2.95. The van der Waals surface area contributed by atoms with Crippen molar-refractivity contribution in [1.29, 1.82) is 0 Å². The minimum absolute atomic E-state index is 0.0430. The minimum Gasteiger partial charge on any atom is -0.494 e. The third-order valence-electron chi connectivity index (χ3n) is 8.40. The van der Waals surface area contributed by atoms with Crippen molar-refractivity contribution in [2.75, 3.05) is 69.2 Å². The Morgan fingerprint density at radius 1 is 0.927 bits per heavy atom. The van der Waals surface area contributed by atoms with Crippen LogP contribution in [0.2, 0.25) is 0 Å². The molecule has 5 rings (SSSR count). The van der Waals surface area contributed by atoms with Gasteiger partial charge in [0.05, 0.1) is 12.8 Å². The summed E-state index contributed by atoms with van der Waals surface area (Å²) in [6.45, 7) is 8.44. The molecule has 0 unspecified atom stereocenters. The predicted octanol–water partition coefficient (Wildman–Crippen LogP) is 6.67. The van der Waals surface area contributed by atoms with E-state index in [2.05, 4.69) is 50.8 Å². The molecule has 2 N–H and O–H groups in total. The molecule has 3 heterocycles. The standard InChI is InChI=1S/C30H38F3N6OP/c1-38-15-11-29(12-16-38)13-17-39(18-14-29)21-9-10-23(25(19-21)40-2)36-28-34-20-22(30(31,32)33)27(37-28)35-24-7-5-6-8-26(24)41(3)4/h5-10,19-20H,11-18H2,1-4H3,(H2,34,35,36,37). The van der Waals surface area contributed by atoms with Crippen LogP contribution in [0.5, 0.6) is 5.75 Å². The van der Waals surface area contributed by atoms with Crippen molar-refractivity contribution < 1.29 is 17.9 Å². The minimum atomic E-state index is -4.61. The summed E-state index contributed by atoms with van der Waals surface area (Å²) in [5.74, 6) is 0.320. The van der Waals surface area contributed by atoms with Crippen LogP contribution in [0.25, 0.3) is 0 Å². The van der Waals surface area contributed by atoms with Crippen molar-refractivity contribution in [3.63, 3.8) is 0 Å². The van der Waals surface area contributed by atoms with Crippen molar-refractivity contribution >= 4 is 42.1 Å². The first-order valence-electron chi connectivity index (χ1n) is 13.9. The maximum absolute atomic E-state index is 13.9. The van der Waals surface area contributed by atoms with Gasteiger partial charge in [0.1, 0.15) is 17.1 Å². The molecule has 2 fully saturated rings. The van der Waals surface area contributed by atoms with Gasteiger partial charge in [-0.05, 0) is 88.1 Å². The van der Waals surface area contributed by atoms with E-state index in [1.807, 2.05) is 30.3 Å². The molecule has 11 heteroatoms. The third-order valence-corrected chi connectivity index (χ3v) is 9.76. The summed E-state index contributed by atoms with van der Waals surface area (Å²) in [7, 11) is 3.23. The van der Waals surface area contributed by atoms with Crippen LogP contribution in [0.4, 0.5) is 42.0 Å². The Kier molecular flexibility index (Phi) is 8.62. The van der Waals surface area contributed by atoms with Crippen LogP contribution in [-0.2, 0) is 6.18 Å². The zero-order valence-corrected chi connectivity index (χ0v) is 24.9. The quantitative estimate of drug-likeness (QED) is 0.300. The Hall–Kier alpha value is -3.10. The summed E-state index contributed by atoms with van der Waals surface area (Å²) in [6.07, 6.45) is 1.08. The van der Waals surface area contributed by atoms with Crippen LogP contribution in [0.15, 0.2) is 48.7 Å². The number of alkyl halides is 3. The van der Waals surface area contributed by atoms with Crippen LogP contribution in [0, 0.1) is 5.41 Å². The van der Waals surface area contributed by atoms with Gasteiger partial charge in [0.2, 0.25) is 5.95 Å². The van der Waals surface area contributed by atoms with Crippen LogP contribution in [0.3, 0.4) is 0 Å². The summed E-state index contributed by atoms with van der Waals surface area (Å²) >= 11 is 0. The molecule has 3 aromatic rings. The zero-order chi connectivity index (χ0) is 29.2. The summed E-state index contributed by atoms with van der Waals surface area (Å²) in [5.41, 5.74) is 1.78. The highest BCUT2D eigenvalue weighted by molar-refractivity contribution is 7.64. The molecule has 0 aliphatic carbocycles. The first kappa shape index (κ1) is 29.4. The van der Waals surface area contributed by atoms with Gasteiger partial charge in [0.25, 0.3) is 0 Å². The molecule has 1 spiro atoms. The third kappa shape index (κ3) is 6.70. The Labute approximate surface area is 241 Å². The van der Waals surface area contributed by atoms with Crippen LogP contribution in [-0.4, -0.2) is 68.5 Å². The lowest BCUT2D eigenvalue weighted by Crippen LogP contribution is -2.46. The van der Waals surface area contributed by atoms with Crippen LogP contribution >= 0.6 is 7.92 Å². The first-order valence-corrected chi connectivity index (χ1v) is 16.2. The number of anilines is 5. The summed E-state index contributed by atoms with van der Waals surface area (Å²) < 4.78 is 47.3. The first-order chi connectivity index (χ1) is 19.6. The number of nitrogens with zero attached hydrogens (tertiary/aromatic N) is 4. The fourth-order valence-corrected chi connectivity index (χ4v) is 6.77. The maximum atomic E-state index is 13.9. The lowest BCUT2D eigenvalue weighted by molar-refractivity contribution is -0.137. The largest absolute Gasteiger partial charge is 0.494 e. The van der Waals surface area contributed by atoms with Gasteiger partial charge in [-0.25, -0.2) is 4.98 Å². The van der Waals surface area contributed by atoms with Crippen LogP contribution in [0.1, 0.15) is 31.2 Å². The molecule has 41 heavy (non-hydrogen) atoms. The fraction of sp³-hybridized carbons (Fsp3) is 0.467. The molecule has 220 valence electrons. The van der Waals surface area contributed by atoms with Gasteiger partial charge in [0.15, 0.2) is 0 Å². The van der Waals surface area contributed by atoms with Gasteiger partial charge >= 0.3 is 6.18 Å². The van der Waals surface area contributed by atoms with Crippen molar-refractivity contribution in [2.24, 2.45) is 5.41 Å². The molecule has 0 bridgehead atoms. The van der Waals surface area contributed by atoms with Gasteiger partial charge in [-0.2, -0.15) is 18.2 Å². The highest BCUT2D eigenvalue weighted by atomic mass is 31.1. The highest BCUT2D eigenvalue weighted by Crippen LogP contribution is 2.43. The molecule has 0 radical (unpaired) electrons. The molecule has 0 atom stereocenters. The molecule has 2 saturated heterocycles. The predicted molar refractivity (Wildman–Crippen MR) is 162 cm³/mol. The van der Waals surface area contributed by atoms with E-state index in [0.717, 1.165) is 30.3 Å². The summed E-state index contributed by atoms with van der Waals surface area (Å²) in [4.78, 5) is 13.1. The van der Waals surface area contributed by atoms with Crippen molar-refractivity contribution in [3.05, 3.63) is 54.2 Å². The Bertz CT molecular complexity index is 1350. The van der Waals surface area contributed by atoms with E-state index in [0.29, 0.717) is 22.5 Å². The number of methoxy groups -OCH3 is 1.